The van der Waals surface area contributed by atoms with E-state index in [9.17, 15) is 30.8 Å². The van der Waals surface area contributed by atoms with Gasteiger partial charge in [-0.15, -0.1) is 0 Å². The largest absolute Gasteiger partial charge is 0.417 e. The molecule has 0 aliphatic carbocycles. The zero-order chi connectivity index (χ0) is 24.6. The predicted molar refractivity (Wildman–Crippen MR) is 112 cm³/mol. The zero-order valence-electron chi connectivity index (χ0n) is 15.9. The number of aromatic nitrogens is 2. The zero-order valence-corrected chi connectivity index (χ0v) is 19.0. The lowest BCUT2D eigenvalue weighted by Gasteiger charge is -2.16. The molecule has 33 heavy (non-hydrogen) atoms. The van der Waals surface area contributed by atoms with Gasteiger partial charge in [0, 0.05) is 6.20 Å². The Hall–Kier alpha value is -2.64. The fraction of sp³-hybridized carbons (Fsp3) is 0.105. The van der Waals surface area contributed by atoms with E-state index in [4.69, 9.17) is 11.6 Å². The molecule has 0 fully saturated rings. The Kier molecular flexibility index (Phi) is 7.05. The molecule has 1 unspecified atom stereocenters. The SMILES string of the molecule is O=C(c1cccc(NS(=O)(=O)c2c(F)cccc2C(F)(F)F)c1F)C(Br)c1ccnc(Cl)n1. The maximum Gasteiger partial charge on any atom is 0.417 e. The summed E-state index contributed by atoms with van der Waals surface area (Å²) in [6, 6.07) is 5.88. The van der Waals surface area contributed by atoms with E-state index in [0.717, 1.165) is 18.2 Å². The first kappa shape index (κ1) is 25.0. The van der Waals surface area contributed by atoms with Crippen molar-refractivity contribution in [2.24, 2.45) is 0 Å². The van der Waals surface area contributed by atoms with Crippen LogP contribution >= 0.6 is 27.5 Å². The molecule has 1 atom stereocenters. The monoisotopic (exact) mass is 569 g/mol. The maximum atomic E-state index is 15.0. The predicted octanol–water partition coefficient (Wildman–Crippen LogP) is 5.55. The first-order valence-corrected chi connectivity index (χ1v) is 11.4. The van der Waals surface area contributed by atoms with Gasteiger partial charge in [-0.2, -0.15) is 13.2 Å². The van der Waals surface area contributed by atoms with Gasteiger partial charge in [-0.25, -0.2) is 27.2 Å². The van der Waals surface area contributed by atoms with E-state index in [1.807, 2.05) is 0 Å². The highest BCUT2D eigenvalue weighted by atomic mass is 79.9. The number of Topliss-reactive ketones (excluding diaryl/α,β-unsaturated/α-hetero) is 1. The van der Waals surface area contributed by atoms with E-state index < -0.39 is 60.2 Å². The number of carbonyl (C=O) groups is 1. The van der Waals surface area contributed by atoms with E-state index in [1.54, 1.807) is 4.72 Å². The third-order valence-electron chi connectivity index (χ3n) is 4.19. The van der Waals surface area contributed by atoms with E-state index in [0.29, 0.717) is 18.2 Å². The third-order valence-corrected chi connectivity index (χ3v) is 6.70. The molecule has 0 saturated carbocycles. The highest BCUT2D eigenvalue weighted by Crippen LogP contribution is 2.36. The van der Waals surface area contributed by atoms with Crippen LogP contribution in [-0.2, 0) is 16.2 Å². The molecule has 0 saturated heterocycles. The number of carbonyl (C=O) groups excluding carboxylic acids is 1. The van der Waals surface area contributed by atoms with E-state index >= 15 is 4.39 Å². The molecule has 1 N–H and O–H groups in total. The second-order valence-electron chi connectivity index (χ2n) is 6.36. The summed E-state index contributed by atoms with van der Waals surface area (Å²) in [6.07, 6.45) is -3.95. The number of ketones is 1. The summed E-state index contributed by atoms with van der Waals surface area (Å²) in [6.45, 7) is 0. The van der Waals surface area contributed by atoms with Gasteiger partial charge in [0.1, 0.15) is 15.5 Å². The minimum atomic E-state index is -5.25. The molecule has 3 aromatic rings. The van der Waals surface area contributed by atoms with Crippen molar-refractivity contribution in [1.29, 1.82) is 0 Å². The number of nitrogens with one attached hydrogen (secondary N) is 1. The lowest BCUT2D eigenvalue weighted by atomic mass is 10.0. The number of benzene rings is 2. The van der Waals surface area contributed by atoms with Gasteiger partial charge in [-0.05, 0) is 41.9 Å². The molecule has 0 aliphatic heterocycles. The molecule has 6 nitrogen and oxygen atoms in total. The van der Waals surface area contributed by atoms with E-state index in [1.165, 1.54) is 12.3 Å². The van der Waals surface area contributed by atoms with Crippen molar-refractivity contribution >= 4 is 49.0 Å². The smallest absolute Gasteiger partial charge is 0.292 e. The van der Waals surface area contributed by atoms with Crippen LogP contribution in [0, 0.1) is 11.6 Å². The molecule has 0 spiro atoms. The molecule has 1 aromatic heterocycles. The third kappa shape index (κ3) is 5.31. The number of anilines is 1. The van der Waals surface area contributed by atoms with Gasteiger partial charge in [0.2, 0.25) is 5.28 Å². The van der Waals surface area contributed by atoms with Crippen LogP contribution in [0.25, 0.3) is 0 Å². The van der Waals surface area contributed by atoms with E-state index in [2.05, 4.69) is 25.9 Å². The Bertz CT molecular complexity index is 1340. The minimum absolute atomic E-state index is 0.0755. The van der Waals surface area contributed by atoms with Gasteiger partial charge >= 0.3 is 6.18 Å². The molecular formula is C19H10BrClF5N3O3S. The molecule has 0 radical (unpaired) electrons. The molecular weight excluding hydrogens is 561 g/mol. The molecule has 0 aliphatic rings. The summed E-state index contributed by atoms with van der Waals surface area (Å²) in [7, 11) is -5.25. The Morgan fingerprint density at radius 2 is 1.76 bits per heavy atom. The number of rotatable bonds is 6. The van der Waals surface area contributed by atoms with E-state index in [-0.39, 0.29) is 11.0 Å². The van der Waals surface area contributed by atoms with Crippen molar-refractivity contribution < 1.29 is 35.2 Å². The highest BCUT2D eigenvalue weighted by molar-refractivity contribution is 9.09. The number of hydrogen-bond acceptors (Lipinski definition) is 5. The van der Waals surface area contributed by atoms with Crippen LogP contribution in [0.5, 0.6) is 0 Å². The van der Waals surface area contributed by atoms with Gasteiger partial charge in [0.25, 0.3) is 10.0 Å². The summed E-state index contributed by atoms with van der Waals surface area (Å²) in [5.74, 6) is -3.98. The van der Waals surface area contributed by atoms with Crippen LogP contribution < -0.4 is 4.72 Å². The second kappa shape index (κ2) is 9.31. The molecule has 3 rings (SSSR count). The molecule has 0 amide bonds. The summed E-state index contributed by atoms with van der Waals surface area (Å²) in [5.41, 5.74) is -3.18. The average molecular weight is 571 g/mol. The summed E-state index contributed by atoms with van der Waals surface area (Å²) >= 11 is 8.71. The van der Waals surface area contributed by atoms with Crippen LogP contribution in [0.3, 0.4) is 0 Å². The standard InChI is InChI=1S/C19H10BrClF5N3O3S/c20-14(12-7-8-27-18(21)28-12)16(30)9-3-1-6-13(15(9)23)29-33(31,32)17-10(19(24,25)26)4-2-5-11(17)22/h1-8,14,29H. The van der Waals surface area contributed by atoms with Crippen LogP contribution in [0.15, 0.2) is 53.6 Å². The number of sulfonamides is 1. The van der Waals surface area contributed by atoms with Crippen molar-refractivity contribution in [3.05, 3.63) is 82.4 Å². The summed E-state index contributed by atoms with van der Waals surface area (Å²) < 4.78 is 95.5. The minimum Gasteiger partial charge on any atom is -0.292 e. The number of halogens is 7. The van der Waals surface area contributed by atoms with Crippen molar-refractivity contribution in [1.82, 2.24) is 9.97 Å². The molecule has 1 heterocycles. The Labute approximate surface area is 197 Å². The quantitative estimate of drug-likeness (QED) is 0.182. The Morgan fingerprint density at radius 3 is 2.39 bits per heavy atom. The molecule has 14 heteroatoms. The van der Waals surface area contributed by atoms with Gasteiger partial charge < -0.3 is 0 Å². The number of nitrogens with zero attached hydrogens (tertiary/aromatic N) is 2. The summed E-state index contributed by atoms with van der Waals surface area (Å²) in [4.78, 5) is 17.3. The number of alkyl halides is 4. The van der Waals surface area contributed by atoms with Crippen molar-refractivity contribution in [3.8, 4) is 0 Å². The molecule has 2 aromatic carbocycles. The van der Waals surface area contributed by atoms with Crippen molar-refractivity contribution in [2.75, 3.05) is 4.72 Å². The van der Waals surface area contributed by atoms with Crippen molar-refractivity contribution in [3.63, 3.8) is 0 Å². The lowest BCUT2D eigenvalue weighted by molar-refractivity contribution is -0.140. The first-order chi connectivity index (χ1) is 15.3. The summed E-state index contributed by atoms with van der Waals surface area (Å²) in [5, 5.41) is -0.183. The fourth-order valence-electron chi connectivity index (χ4n) is 2.76. The first-order valence-electron chi connectivity index (χ1n) is 8.66. The van der Waals surface area contributed by atoms with Gasteiger partial charge in [0.05, 0.1) is 22.5 Å². The molecule has 174 valence electrons. The molecule has 0 bridgehead atoms. The van der Waals surface area contributed by atoms with Crippen LogP contribution in [0.1, 0.15) is 26.4 Å². The van der Waals surface area contributed by atoms with Gasteiger partial charge in [-0.1, -0.05) is 28.1 Å². The van der Waals surface area contributed by atoms with Crippen molar-refractivity contribution in [2.45, 2.75) is 15.9 Å². The number of hydrogen-bond donors (Lipinski definition) is 1. The van der Waals surface area contributed by atoms with Crippen LogP contribution in [0.4, 0.5) is 27.6 Å². The maximum absolute atomic E-state index is 15.0. The lowest BCUT2D eigenvalue weighted by Crippen LogP contribution is -2.21. The van der Waals surface area contributed by atoms with Gasteiger partial charge in [-0.3, -0.25) is 9.52 Å². The topological polar surface area (TPSA) is 89.0 Å². The normalized spacial score (nSPS) is 12.9. The second-order valence-corrected chi connectivity index (χ2v) is 9.24. The highest BCUT2D eigenvalue weighted by Gasteiger charge is 2.39. The van der Waals surface area contributed by atoms with Crippen LogP contribution in [0.2, 0.25) is 5.28 Å². The Balaban J connectivity index is 2.01. The van der Waals surface area contributed by atoms with Gasteiger partial charge in [0.15, 0.2) is 11.6 Å². The fourth-order valence-corrected chi connectivity index (χ4v) is 4.76. The average Bonchev–Trinajstić information content (AvgIpc) is 2.73. The van der Waals surface area contributed by atoms with Crippen LogP contribution in [-0.4, -0.2) is 24.2 Å². The Morgan fingerprint density at radius 1 is 1.09 bits per heavy atom.